The second kappa shape index (κ2) is 6.23. The highest BCUT2D eigenvalue weighted by Crippen LogP contribution is 2.23. The first-order valence-corrected chi connectivity index (χ1v) is 6.65. The average Bonchev–Trinajstić information content (AvgIpc) is 2.21. The molecule has 0 saturated heterocycles. The van der Waals surface area contributed by atoms with Crippen LogP contribution in [-0.4, -0.2) is 41.9 Å². The highest BCUT2D eigenvalue weighted by atomic mass is 16.5. The van der Waals surface area contributed by atoms with Crippen LogP contribution in [0, 0.1) is 5.41 Å². The SMILES string of the molecule is CCOC1CC(NC(=O)NC(C(=O)O)C(C)(C)C)C1. The lowest BCUT2D eigenvalue weighted by molar-refractivity contribution is -0.141. The van der Waals surface area contributed by atoms with Crippen LogP contribution in [-0.2, 0) is 9.53 Å². The van der Waals surface area contributed by atoms with Gasteiger partial charge in [-0.1, -0.05) is 20.8 Å². The van der Waals surface area contributed by atoms with Gasteiger partial charge in [0.25, 0.3) is 0 Å². The Balaban J connectivity index is 2.37. The molecule has 1 atom stereocenters. The van der Waals surface area contributed by atoms with Crippen LogP contribution in [0.3, 0.4) is 0 Å². The van der Waals surface area contributed by atoms with Crippen LogP contribution in [0.2, 0.25) is 0 Å². The van der Waals surface area contributed by atoms with Crippen molar-refractivity contribution in [3.63, 3.8) is 0 Å². The maximum Gasteiger partial charge on any atom is 0.326 e. The molecule has 0 heterocycles. The molecular weight excluding hydrogens is 248 g/mol. The summed E-state index contributed by atoms with van der Waals surface area (Å²) in [6, 6.07) is -1.26. The number of amides is 2. The van der Waals surface area contributed by atoms with Crippen LogP contribution in [0.5, 0.6) is 0 Å². The van der Waals surface area contributed by atoms with Gasteiger partial charge in [-0.15, -0.1) is 0 Å². The van der Waals surface area contributed by atoms with Gasteiger partial charge >= 0.3 is 12.0 Å². The van der Waals surface area contributed by atoms with Crippen LogP contribution in [0.4, 0.5) is 4.79 Å². The fourth-order valence-electron chi connectivity index (χ4n) is 2.06. The Hall–Kier alpha value is -1.30. The van der Waals surface area contributed by atoms with Crippen molar-refractivity contribution in [3.8, 4) is 0 Å². The summed E-state index contributed by atoms with van der Waals surface area (Å²) in [7, 11) is 0. The predicted octanol–water partition coefficient (Wildman–Crippen LogP) is 1.35. The Kier molecular flexibility index (Phi) is 5.17. The number of carbonyl (C=O) groups excluding carboxylic acids is 1. The normalized spacial score (nSPS) is 24.2. The molecule has 6 nitrogen and oxygen atoms in total. The maximum atomic E-state index is 11.7. The zero-order valence-electron chi connectivity index (χ0n) is 12.0. The number of nitrogens with one attached hydrogen (secondary N) is 2. The highest BCUT2D eigenvalue weighted by Gasteiger charge is 2.35. The summed E-state index contributed by atoms with van der Waals surface area (Å²) in [5.41, 5.74) is -0.531. The zero-order valence-corrected chi connectivity index (χ0v) is 12.0. The molecule has 3 N–H and O–H groups in total. The average molecular weight is 272 g/mol. The summed E-state index contributed by atoms with van der Waals surface area (Å²) in [5, 5.41) is 14.4. The molecule has 19 heavy (non-hydrogen) atoms. The van der Waals surface area contributed by atoms with E-state index in [1.165, 1.54) is 0 Å². The van der Waals surface area contributed by atoms with E-state index in [1.807, 2.05) is 6.92 Å². The molecule has 110 valence electrons. The van der Waals surface area contributed by atoms with Gasteiger partial charge in [0, 0.05) is 12.6 Å². The van der Waals surface area contributed by atoms with E-state index >= 15 is 0 Å². The number of carbonyl (C=O) groups is 2. The third-order valence-corrected chi connectivity index (χ3v) is 3.22. The number of ether oxygens (including phenoxy) is 1. The molecule has 6 heteroatoms. The van der Waals surface area contributed by atoms with Gasteiger partial charge in [0.15, 0.2) is 0 Å². The van der Waals surface area contributed by atoms with Gasteiger partial charge in [-0.25, -0.2) is 9.59 Å². The number of hydrogen-bond donors (Lipinski definition) is 3. The Bertz CT molecular complexity index is 332. The Morgan fingerprint density at radius 2 is 1.95 bits per heavy atom. The summed E-state index contributed by atoms with van der Waals surface area (Å²) in [4.78, 5) is 22.9. The van der Waals surface area contributed by atoms with Gasteiger partial charge in [-0.2, -0.15) is 0 Å². The lowest BCUT2D eigenvalue weighted by atomic mass is 9.86. The van der Waals surface area contributed by atoms with E-state index in [9.17, 15) is 9.59 Å². The summed E-state index contributed by atoms with van der Waals surface area (Å²) >= 11 is 0. The van der Waals surface area contributed by atoms with Crippen molar-refractivity contribution < 1.29 is 19.4 Å². The molecule has 0 bridgehead atoms. The van der Waals surface area contributed by atoms with Gasteiger partial charge in [0.05, 0.1) is 6.10 Å². The summed E-state index contributed by atoms with van der Waals surface area (Å²) in [6.45, 7) is 7.95. The summed E-state index contributed by atoms with van der Waals surface area (Å²) in [5.74, 6) is -1.02. The first-order chi connectivity index (χ1) is 8.74. The molecule has 0 spiro atoms. The van der Waals surface area contributed by atoms with E-state index in [-0.39, 0.29) is 12.1 Å². The van der Waals surface area contributed by atoms with Crippen molar-refractivity contribution >= 4 is 12.0 Å². The Morgan fingerprint density at radius 1 is 1.37 bits per heavy atom. The van der Waals surface area contributed by atoms with E-state index in [0.29, 0.717) is 6.61 Å². The molecule has 2 amide bonds. The first kappa shape index (κ1) is 15.8. The van der Waals surface area contributed by atoms with Crippen LogP contribution in [0.25, 0.3) is 0 Å². The largest absolute Gasteiger partial charge is 0.480 e. The Morgan fingerprint density at radius 3 is 2.37 bits per heavy atom. The second-order valence-electron chi connectivity index (χ2n) is 6.00. The number of hydrogen-bond acceptors (Lipinski definition) is 3. The van der Waals surface area contributed by atoms with Crippen LogP contribution in [0.15, 0.2) is 0 Å². The van der Waals surface area contributed by atoms with Crippen LogP contribution < -0.4 is 10.6 Å². The number of aliphatic carboxylic acids is 1. The third kappa shape index (κ3) is 4.70. The van der Waals surface area contributed by atoms with Crippen molar-refractivity contribution in [1.29, 1.82) is 0 Å². The van der Waals surface area contributed by atoms with Crippen molar-refractivity contribution in [2.45, 2.75) is 58.7 Å². The number of carboxylic acids is 1. The molecule has 0 aromatic rings. The van der Waals surface area contributed by atoms with Gasteiger partial charge in [-0.3, -0.25) is 0 Å². The smallest absolute Gasteiger partial charge is 0.326 e. The quantitative estimate of drug-likeness (QED) is 0.705. The molecule has 1 aliphatic rings. The predicted molar refractivity (Wildman–Crippen MR) is 71.0 cm³/mol. The fourth-order valence-corrected chi connectivity index (χ4v) is 2.06. The minimum Gasteiger partial charge on any atom is -0.480 e. The molecule has 1 rings (SSSR count). The van der Waals surface area contributed by atoms with E-state index < -0.39 is 23.5 Å². The molecule has 0 aromatic heterocycles. The molecule has 0 radical (unpaired) electrons. The zero-order chi connectivity index (χ0) is 14.6. The van der Waals surface area contributed by atoms with Crippen molar-refractivity contribution in [2.75, 3.05) is 6.61 Å². The van der Waals surface area contributed by atoms with E-state index in [2.05, 4.69) is 10.6 Å². The van der Waals surface area contributed by atoms with Crippen LogP contribution >= 0.6 is 0 Å². The number of carboxylic acid groups (broad SMARTS) is 1. The molecule has 0 aromatic carbocycles. The van der Waals surface area contributed by atoms with Crippen molar-refractivity contribution in [1.82, 2.24) is 10.6 Å². The minimum atomic E-state index is -1.02. The minimum absolute atomic E-state index is 0.0750. The van der Waals surface area contributed by atoms with E-state index in [1.54, 1.807) is 20.8 Å². The number of urea groups is 1. The van der Waals surface area contributed by atoms with Crippen molar-refractivity contribution in [3.05, 3.63) is 0 Å². The molecule has 1 aliphatic carbocycles. The van der Waals surface area contributed by atoms with Gasteiger partial charge in [0.2, 0.25) is 0 Å². The maximum absolute atomic E-state index is 11.7. The summed E-state index contributed by atoms with van der Waals surface area (Å²) in [6.07, 6.45) is 1.79. The standard InChI is InChI=1S/C13H24N2O4/c1-5-19-9-6-8(7-9)14-12(18)15-10(11(16)17)13(2,3)4/h8-10H,5-7H2,1-4H3,(H,16,17)(H2,14,15,18). The summed E-state index contributed by atoms with van der Waals surface area (Å²) < 4.78 is 5.40. The van der Waals surface area contributed by atoms with E-state index in [4.69, 9.17) is 9.84 Å². The molecule has 0 aliphatic heterocycles. The fraction of sp³-hybridized carbons (Fsp3) is 0.846. The highest BCUT2D eigenvalue weighted by molar-refractivity contribution is 5.83. The lowest BCUT2D eigenvalue weighted by Gasteiger charge is -2.36. The monoisotopic (exact) mass is 272 g/mol. The van der Waals surface area contributed by atoms with Gasteiger partial charge in [-0.05, 0) is 25.2 Å². The molecule has 1 saturated carbocycles. The van der Waals surface area contributed by atoms with Gasteiger partial charge in [0.1, 0.15) is 6.04 Å². The van der Waals surface area contributed by atoms with E-state index in [0.717, 1.165) is 12.8 Å². The van der Waals surface area contributed by atoms with Gasteiger partial charge < -0.3 is 20.5 Å². The number of rotatable bonds is 5. The molecule has 1 fully saturated rings. The molecule has 1 unspecified atom stereocenters. The molecular formula is C13H24N2O4. The first-order valence-electron chi connectivity index (χ1n) is 6.65. The Labute approximate surface area is 113 Å². The topological polar surface area (TPSA) is 87.7 Å². The lowest BCUT2D eigenvalue weighted by Crippen LogP contribution is -2.56. The second-order valence-corrected chi connectivity index (χ2v) is 6.00. The van der Waals surface area contributed by atoms with Crippen molar-refractivity contribution in [2.24, 2.45) is 5.41 Å². The van der Waals surface area contributed by atoms with Crippen LogP contribution in [0.1, 0.15) is 40.5 Å². The third-order valence-electron chi connectivity index (χ3n) is 3.22.